The maximum absolute atomic E-state index is 6.52. The maximum atomic E-state index is 6.52. The number of anilines is 2. The van der Waals surface area contributed by atoms with Crippen LogP contribution in [0.5, 0.6) is 0 Å². The number of rotatable bonds is 8. The summed E-state index contributed by atoms with van der Waals surface area (Å²) in [6.07, 6.45) is 15.5. The molecule has 0 spiro atoms. The standard InChI is InChI=1S/C57H42N2O/c1-39(14-13-17-40-15-5-2-6-16-40)58(47-30-24-42(25-31-47)41-18-7-3-8-19-41)48-32-26-43(27-33-48)44-29-35-54-52(36-44)53-37-45-28-34-50-49-22-11-12-23-56(49)60-57(50)51(45)38-55(53)59(54)46-20-9-4-10-21-46/h2,4-7,9-38H,3,8H2,1H3/b17-13-,39-14+. The fraction of sp³-hybridized carbons (Fsp3) is 0.0526. The molecule has 1 aliphatic rings. The minimum absolute atomic E-state index is 0.914. The molecule has 60 heavy (non-hydrogen) atoms. The van der Waals surface area contributed by atoms with Crippen LogP contribution in [0.15, 0.2) is 216 Å². The van der Waals surface area contributed by atoms with Gasteiger partial charge < -0.3 is 13.9 Å². The van der Waals surface area contributed by atoms with Crippen LogP contribution >= 0.6 is 0 Å². The molecule has 0 amide bonds. The molecule has 0 saturated carbocycles. The normalized spacial score (nSPS) is 13.3. The first-order chi connectivity index (χ1) is 29.7. The van der Waals surface area contributed by atoms with Gasteiger partial charge in [0.15, 0.2) is 0 Å². The summed E-state index contributed by atoms with van der Waals surface area (Å²) in [5.41, 5.74) is 14.7. The van der Waals surface area contributed by atoms with Gasteiger partial charge in [-0.25, -0.2) is 0 Å². The third kappa shape index (κ3) is 6.32. The van der Waals surface area contributed by atoms with E-state index in [9.17, 15) is 0 Å². The third-order valence-corrected chi connectivity index (χ3v) is 11.9. The Labute approximate surface area is 349 Å². The van der Waals surface area contributed by atoms with Gasteiger partial charge in [-0.1, -0.05) is 134 Å². The minimum atomic E-state index is 0.914. The molecule has 0 radical (unpaired) electrons. The van der Waals surface area contributed by atoms with Crippen LogP contribution in [-0.4, -0.2) is 4.57 Å². The molecular formula is C57H42N2O. The number of aromatic nitrogens is 1. The zero-order chi connectivity index (χ0) is 40.0. The van der Waals surface area contributed by atoms with Crippen LogP contribution in [0.25, 0.3) is 83.0 Å². The van der Waals surface area contributed by atoms with Crippen LogP contribution in [0.1, 0.15) is 30.9 Å². The summed E-state index contributed by atoms with van der Waals surface area (Å²) in [6, 6.07) is 63.4. The van der Waals surface area contributed by atoms with E-state index in [1.807, 2.05) is 6.07 Å². The maximum Gasteiger partial charge on any atom is 0.143 e. The molecule has 1 aliphatic carbocycles. The second-order valence-electron chi connectivity index (χ2n) is 15.7. The van der Waals surface area contributed by atoms with Crippen molar-refractivity contribution in [3.8, 4) is 16.8 Å². The smallest absolute Gasteiger partial charge is 0.143 e. The van der Waals surface area contributed by atoms with E-state index >= 15 is 0 Å². The lowest BCUT2D eigenvalue weighted by Gasteiger charge is -2.26. The number of benzene rings is 8. The first-order valence-corrected chi connectivity index (χ1v) is 20.8. The zero-order valence-corrected chi connectivity index (χ0v) is 33.4. The third-order valence-electron chi connectivity index (χ3n) is 11.9. The Morgan fingerprint density at radius 1 is 0.567 bits per heavy atom. The van der Waals surface area contributed by atoms with Gasteiger partial charge in [-0.05, 0) is 132 Å². The molecule has 286 valence electrons. The Bertz CT molecular complexity index is 3340. The average molecular weight is 771 g/mol. The Balaban J connectivity index is 1.00. The van der Waals surface area contributed by atoms with Gasteiger partial charge in [0.1, 0.15) is 11.2 Å². The number of hydrogen-bond donors (Lipinski definition) is 0. The van der Waals surface area contributed by atoms with Crippen molar-refractivity contribution >= 4 is 77.5 Å². The lowest BCUT2D eigenvalue weighted by molar-refractivity contribution is 0.672. The Hall–Kier alpha value is -7.62. The number of hydrogen-bond acceptors (Lipinski definition) is 2. The van der Waals surface area contributed by atoms with Gasteiger partial charge in [-0.3, -0.25) is 0 Å². The SMILES string of the molecule is C/C(=C\C=C/c1ccccc1)N(c1ccc(C2=CCCC=C2)cc1)c1ccc(-c2ccc3c(c2)c2cc4ccc5c6ccccc6oc5c4cc2n3-c2ccccc2)cc1. The molecule has 2 aromatic heterocycles. The molecule has 0 fully saturated rings. The molecule has 10 aromatic rings. The van der Waals surface area contributed by atoms with Crippen LogP contribution in [-0.2, 0) is 0 Å². The Morgan fingerprint density at radius 3 is 2.03 bits per heavy atom. The van der Waals surface area contributed by atoms with Crippen LogP contribution in [0.4, 0.5) is 11.4 Å². The summed E-state index contributed by atoms with van der Waals surface area (Å²) in [6.45, 7) is 2.18. The van der Waals surface area contributed by atoms with E-state index in [1.165, 1.54) is 44.1 Å². The van der Waals surface area contributed by atoms with Crippen molar-refractivity contribution in [1.82, 2.24) is 4.57 Å². The molecule has 0 aliphatic heterocycles. The summed E-state index contributed by atoms with van der Waals surface area (Å²) in [5.74, 6) is 0. The Kier molecular flexibility index (Phi) is 8.86. The number of fused-ring (bicyclic) bond motifs is 8. The van der Waals surface area contributed by atoms with Gasteiger partial charge in [0.25, 0.3) is 0 Å². The van der Waals surface area contributed by atoms with Gasteiger partial charge in [0.05, 0.1) is 11.0 Å². The quantitative estimate of drug-likeness (QED) is 0.144. The topological polar surface area (TPSA) is 21.3 Å². The molecule has 0 bridgehead atoms. The Morgan fingerprint density at radius 2 is 1.27 bits per heavy atom. The molecule has 11 rings (SSSR count). The van der Waals surface area contributed by atoms with Crippen molar-refractivity contribution in [2.45, 2.75) is 19.8 Å². The highest BCUT2D eigenvalue weighted by Gasteiger charge is 2.18. The summed E-state index contributed by atoms with van der Waals surface area (Å²) in [4.78, 5) is 2.34. The second-order valence-corrected chi connectivity index (χ2v) is 15.7. The summed E-state index contributed by atoms with van der Waals surface area (Å²) in [7, 11) is 0. The van der Waals surface area contributed by atoms with Crippen molar-refractivity contribution < 1.29 is 4.42 Å². The molecule has 3 nitrogen and oxygen atoms in total. The highest BCUT2D eigenvalue weighted by atomic mass is 16.3. The van der Waals surface area contributed by atoms with Crippen LogP contribution in [0.3, 0.4) is 0 Å². The van der Waals surface area contributed by atoms with Crippen molar-refractivity contribution in [2.24, 2.45) is 0 Å². The van der Waals surface area contributed by atoms with E-state index in [2.05, 4.69) is 223 Å². The number of furan rings is 1. The molecule has 0 atom stereocenters. The van der Waals surface area contributed by atoms with Crippen LogP contribution < -0.4 is 4.90 Å². The average Bonchev–Trinajstić information content (AvgIpc) is 3.85. The number of nitrogens with zero attached hydrogens (tertiary/aromatic N) is 2. The molecule has 2 heterocycles. The van der Waals surface area contributed by atoms with Crippen molar-refractivity contribution in [2.75, 3.05) is 4.90 Å². The molecule has 3 heteroatoms. The largest absolute Gasteiger partial charge is 0.455 e. The second kappa shape index (κ2) is 15.0. The molecule has 0 saturated heterocycles. The first-order valence-electron chi connectivity index (χ1n) is 20.8. The predicted octanol–water partition coefficient (Wildman–Crippen LogP) is 16.0. The van der Waals surface area contributed by atoms with Crippen LogP contribution in [0.2, 0.25) is 0 Å². The number of allylic oxidation sites excluding steroid dienone is 7. The molecule has 0 unspecified atom stereocenters. The lowest BCUT2D eigenvalue weighted by Crippen LogP contribution is -2.14. The van der Waals surface area contributed by atoms with Crippen molar-refractivity contribution in [3.63, 3.8) is 0 Å². The zero-order valence-electron chi connectivity index (χ0n) is 33.4. The van der Waals surface area contributed by atoms with Gasteiger partial charge in [-0.2, -0.15) is 0 Å². The van der Waals surface area contributed by atoms with E-state index < -0.39 is 0 Å². The highest BCUT2D eigenvalue weighted by molar-refractivity contribution is 6.20. The lowest BCUT2D eigenvalue weighted by atomic mass is 9.99. The van der Waals surface area contributed by atoms with E-state index in [-0.39, 0.29) is 0 Å². The summed E-state index contributed by atoms with van der Waals surface area (Å²) < 4.78 is 8.92. The van der Waals surface area contributed by atoms with Crippen LogP contribution in [0, 0.1) is 0 Å². The van der Waals surface area contributed by atoms with E-state index in [1.54, 1.807) is 0 Å². The monoisotopic (exact) mass is 770 g/mol. The van der Waals surface area contributed by atoms with Gasteiger partial charge >= 0.3 is 0 Å². The molecular weight excluding hydrogens is 729 g/mol. The van der Waals surface area contributed by atoms with Gasteiger partial charge in [0.2, 0.25) is 0 Å². The van der Waals surface area contributed by atoms with Gasteiger partial charge in [0, 0.05) is 49.7 Å². The van der Waals surface area contributed by atoms with Gasteiger partial charge in [-0.15, -0.1) is 0 Å². The minimum Gasteiger partial charge on any atom is -0.455 e. The molecule has 8 aromatic carbocycles. The number of para-hydroxylation sites is 2. The fourth-order valence-electron chi connectivity index (χ4n) is 8.98. The summed E-state index contributed by atoms with van der Waals surface area (Å²) in [5, 5.41) is 7.01. The summed E-state index contributed by atoms with van der Waals surface area (Å²) >= 11 is 0. The predicted molar refractivity (Wildman–Crippen MR) is 255 cm³/mol. The van der Waals surface area contributed by atoms with E-state index in [0.29, 0.717) is 0 Å². The van der Waals surface area contributed by atoms with E-state index in [0.717, 1.165) is 73.8 Å². The highest BCUT2D eigenvalue weighted by Crippen LogP contribution is 2.41. The van der Waals surface area contributed by atoms with Crippen molar-refractivity contribution in [1.29, 1.82) is 0 Å². The molecule has 0 N–H and O–H groups in total. The fourth-order valence-corrected chi connectivity index (χ4v) is 8.98. The van der Waals surface area contributed by atoms with Crippen molar-refractivity contribution in [3.05, 3.63) is 223 Å². The van der Waals surface area contributed by atoms with E-state index in [4.69, 9.17) is 4.42 Å². The first kappa shape index (κ1) is 35.5.